The van der Waals surface area contributed by atoms with E-state index < -0.39 is 0 Å². The first-order valence-corrected chi connectivity index (χ1v) is 7.66. The first-order valence-electron chi connectivity index (χ1n) is 7.66. The second-order valence-corrected chi connectivity index (χ2v) is 5.41. The van der Waals surface area contributed by atoms with Crippen LogP contribution in [0.15, 0.2) is 24.3 Å². The van der Waals surface area contributed by atoms with E-state index in [0.29, 0.717) is 11.5 Å². The highest BCUT2D eigenvalue weighted by Gasteiger charge is 2.13. The highest BCUT2D eigenvalue weighted by Crippen LogP contribution is 2.12. The van der Waals surface area contributed by atoms with Crippen LogP contribution in [-0.4, -0.2) is 24.0 Å². The number of amides is 2. The van der Waals surface area contributed by atoms with Crippen molar-refractivity contribution in [3.63, 3.8) is 0 Å². The van der Waals surface area contributed by atoms with Crippen LogP contribution in [0, 0.1) is 17.2 Å². The number of nitrogens with one attached hydrogen (secondary N) is 1. The lowest BCUT2D eigenvalue weighted by atomic mass is 10.1. The Hall–Kier alpha value is -2.02. The van der Waals surface area contributed by atoms with Crippen molar-refractivity contribution in [1.29, 1.82) is 5.26 Å². The van der Waals surface area contributed by atoms with Crippen LogP contribution in [0.1, 0.15) is 45.6 Å². The lowest BCUT2D eigenvalue weighted by Gasteiger charge is -2.24. The Morgan fingerprint density at radius 3 is 2.48 bits per heavy atom. The number of anilines is 1. The van der Waals surface area contributed by atoms with Crippen molar-refractivity contribution in [1.82, 2.24) is 4.90 Å². The number of carbonyl (C=O) groups excluding carboxylic acids is 1. The Bertz CT molecular complexity index is 476. The fourth-order valence-electron chi connectivity index (χ4n) is 2.00. The summed E-state index contributed by atoms with van der Waals surface area (Å²) in [5.41, 5.74) is 1.32. The predicted molar refractivity (Wildman–Crippen MR) is 86.1 cm³/mol. The second kappa shape index (κ2) is 9.02. The average molecular weight is 287 g/mol. The zero-order chi connectivity index (χ0) is 15.7. The molecular formula is C17H25N3O. The second-order valence-electron chi connectivity index (χ2n) is 5.41. The van der Waals surface area contributed by atoms with E-state index in [4.69, 9.17) is 5.26 Å². The van der Waals surface area contributed by atoms with Crippen LogP contribution in [0.25, 0.3) is 0 Å². The summed E-state index contributed by atoms with van der Waals surface area (Å²) in [5.74, 6) is 0.632. The van der Waals surface area contributed by atoms with E-state index in [2.05, 4.69) is 32.2 Å². The van der Waals surface area contributed by atoms with Gasteiger partial charge in [0.2, 0.25) is 0 Å². The van der Waals surface area contributed by atoms with E-state index in [9.17, 15) is 4.79 Å². The SMILES string of the molecule is CCCN(CCC(C)CC)C(=O)Nc1ccc(C#N)cc1. The maximum atomic E-state index is 12.3. The number of nitrogens with zero attached hydrogens (tertiary/aromatic N) is 2. The van der Waals surface area contributed by atoms with E-state index in [1.165, 1.54) is 0 Å². The third-order valence-corrected chi connectivity index (χ3v) is 3.63. The maximum absolute atomic E-state index is 12.3. The third-order valence-electron chi connectivity index (χ3n) is 3.63. The van der Waals surface area contributed by atoms with Gasteiger partial charge in [-0.25, -0.2) is 4.79 Å². The van der Waals surface area contributed by atoms with Gasteiger partial charge in [0, 0.05) is 18.8 Å². The fraction of sp³-hybridized carbons (Fsp3) is 0.529. The highest BCUT2D eigenvalue weighted by molar-refractivity contribution is 5.89. The molecule has 1 aromatic rings. The van der Waals surface area contributed by atoms with Gasteiger partial charge in [-0.3, -0.25) is 0 Å². The molecule has 2 amide bonds. The number of benzene rings is 1. The molecule has 21 heavy (non-hydrogen) atoms. The normalized spacial score (nSPS) is 11.5. The summed E-state index contributed by atoms with van der Waals surface area (Å²) >= 11 is 0. The van der Waals surface area contributed by atoms with Crippen molar-refractivity contribution < 1.29 is 4.79 Å². The van der Waals surface area contributed by atoms with Gasteiger partial charge in [-0.1, -0.05) is 27.2 Å². The van der Waals surface area contributed by atoms with Crippen LogP contribution >= 0.6 is 0 Å². The van der Waals surface area contributed by atoms with Crippen molar-refractivity contribution in [3.8, 4) is 6.07 Å². The third kappa shape index (κ3) is 5.86. The zero-order valence-electron chi connectivity index (χ0n) is 13.2. The first kappa shape index (κ1) is 17.0. The number of hydrogen-bond acceptors (Lipinski definition) is 2. The molecule has 1 rings (SSSR count). The zero-order valence-corrected chi connectivity index (χ0v) is 13.2. The first-order chi connectivity index (χ1) is 10.1. The molecule has 0 saturated carbocycles. The molecule has 0 bridgehead atoms. The summed E-state index contributed by atoms with van der Waals surface area (Å²) in [6.45, 7) is 8.00. The van der Waals surface area contributed by atoms with Crippen molar-refractivity contribution in [2.24, 2.45) is 5.92 Å². The molecule has 0 heterocycles. The molecule has 1 N–H and O–H groups in total. The molecule has 0 aliphatic heterocycles. The maximum Gasteiger partial charge on any atom is 0.321 e. The van der Waals surface area contributed by atoms with Gasteiger partial charge in [0.15, 0.2) is 0 Å². The Morgan fingerprint density at radius 2 is 1.95 bits per heavy atom. The predicted octanol–water partition coefficient (Wildman–Crippen LogP) is 4.24. The number of carbonyl (C=O) groups is 1. The Morgan fingerprint density at radius 1 is 1.29 bits per heavy atom. The molecule has 1 aromatic carbocycles. The molecule has 0 spiro atoms. The number of hydrogen-bond donors (Lipinski definition) is 1. The smallest absolute Gasteiger partial charge is 0.321 e. The molecule has 0 aromatic heterocycles. The summed E-state index contributed by atoms with van der Waals surface area (Å²) in [6, 6.07) is 8.93. The van der Waals surface area contributed by atoms with Crippen molar-refractivity contribution in [2.75, 3.05) is 18.4 Å². The molecule has 1 unspecified atom stereocenters. The lowest BCUT2D eigenvalue weighted by molar-refractivity contribution is 0.207. The van der Waals surface area contributed by atoms with Crippen LogP contribution in [0.2, 0.25) is 0 Å². The fourth-order valence-corrected chi connectivity index (χ4v) is 2.00. The van der Waals surface area contributed by atoms with E-state index in [1.54, 1.807) is 24.3 Å². The molecule has 0 radical (unpaired) electrons. The van der Waals surface area contributed by atoms with E-state index in [1.807, 2.05) is 4.90 Å². The summed E-state index contributed by atoms with van der Waals surface area (Å²) < 4.78 is 0. The molecule has 0 aliphatic carbocycles. The van der Waals surface area contributed by atoms with Gasteiger partial charge >= 0.3 is 6.03 Å². The minimum Gasteiger partial charge on any atom is -0.325 e. The van der Waals surface area contributed by atoms with Gasteiger partial charge in [-0.05, 0) is 43.0 Å². The van der Waals surface area contributed by atoms with Gasteiger partial charge in [0.1, 0.15) is 0 Å². The molecule has 0 aliphatic rings. The van der Waals surface area contributed by atoms with Gasteiger partial charge in [-0.2, -0.15) is 5.26 Å². The molecule has 114 valence electrons. The van der Waals surface area contributed by atoms with Crippen LogP contribution in [-0.2, 0) is 0 Å². The summed E-state index contributed by atoms with van der Waals surface area (Å²) in [7, 11) is 0. The Labute approximate surface area is 127 Å². The topological polar surface area (TPSA) is 56.1 Å². The lowest BCUT2D eigenvalue weighted by Crippen LogP contribution is -2.36. The Balaban J connectivity index is 2.60. The number of nitriles is 1. The quantitative estimate of drug-likeness (QED) is 0.815. The van der Waals surface area contributed by atoms with E-state index in [0.717, 1.165) is 38.0 Å². The van der Waals surface area contributed by atoms with Gasteiger partial charge in [0.25, 0.3) is 0 Å². The van der Waals surface area contributed by atoms with Gasteiger partial charge in [0.05, 0.1) is 11.6 Å². The molecule has 0 fully saturated rings. The van der Waals surface area contributed by atoms with Gasteiger partial charge < -0.3 is 10.2 Å². The minimum atomic E-state index is -0.0649. The highest BCUT2D eigenvalue weighted by atomic mass is 16.2. The van der Waals surface area contributed by atoms with Crippen molar-refractivity contribution in [2.45, 2.75) is 40.0 Å². The summed E-state index contributed by atoms with van der Waals surface area (Å²) in [4.78, 5) is 14.2. The average Bonchev–Trinajstić information content (AvgIpc) is 2.51. The van der Waals surface area contributed by atoms with Gasteiger partial charge in [-0.15, -0.1) is 0 Å². The summed E-state index contributed by atoms with van der Waals surface area (Å²) in [5, 5.41) is 11.7. The van der Waals surface area contributed by atoms with Crippen LogP contribution in [0.3, 0.4) is 0 Å². The number of rotatable bonds is 7. The van der Waals surface area contributed by atoms with E-state index in [-0.39, 0.29) is 6.03 Å². The standard InChI is InChI=1S/C17H25N3O/c1-4-11-20(12-10-14(3)5-2)17(21)19-16-8-6-15(13-18)7-9-16/h6-9,14H,4-5,10-12H2,1-3H3,(H,19,21). The van der Waals surface area contributed by atoms with Crippen molar-refractivity contribution in [3.05, 3.63) is 29.8 Å². The largest absolute Gasteiger partial charge is 0.325 e. The molecular weight excluding hydrogens is 262 g/mol. The monoisotopic (exact) mass is 287 g/mol. The Kier molecular flexibility index (Phi) is 7.31. The molecule has 1 atom stereocenters. The number of urea groups is 1. The molecule has 0 saturated heterocycles. The van der Waals surface area contributed by atoms with E-state index >= 15 is 0 Å². The van der Waals surface area contributed by atoms with Crippen molar-refractivity contribution >= 4 is 11.7 Å². The summed E-state index contributed by atoms with van der Waals surface area (Å²) in [6.07, 6.45) is 3.11. The van der Waals surface area contributed by atoms with Crippen LogP contribution < -0.4 is 5.32 Å². The molecule has 4 heteroatoms. The van der Waals surface area contributed by atoms with Crippen LogP contribution in [0.5, 0.6) is 0 Å². The molecule has 4 nitrogen and oxygen atoms in total. The van der Waals surface area contributed by atoms with Crippen LogP contribution in [0.4, 0.5) is 10.5 Å². The minimum absolute atomic E-state index is 0.0649.